The van der Waals surface area contributed by atoms with Crippen molar-refractivity contribution in [2.75, 3.05) is 21.3 Å². The van der Waals surface area contributed by atoms with E-state index in [4.69, 9.17) is 23.9 Å². The van der Waals surface area contributed by atoms with Crippen LogP contribution in [0.2, 0.25) is 0 Å². The van der Waals surface area contributed by atoms with E-state index in [1.54, 1.807) is 45.7 Å². The highest BCUT2D eigenvalue weighted by molar-refractivity contribution is 9.11. The quantitative estimate of drug-likeness (QED) is 0.134. The van der Waals surface area contributed by atoms with Crippen molar-refractivity contribution in [3.8, 4) is 34.4 Å². The smallest absolute Gasteiger partial charge is 0.282 e. The largest absolute Gasteiger partial charge is 0.496 e. The molecule has 1 aromatic heterocycles. The maximum absolute atomic E-state index is 13.9. The Kier molecular flexibility index (Phi) is 9.94. The Bertz CT molecular complexity index is 1950. The second-order valence-electron chi connectivity index (χ2n) is 10.7. The lowest BCUT2D eigenvalue weighted by atomic mass is 9.96. The molecular weight excluding hydrogens is 702 g/mol. The molecule has 0 aliphatic rings. The maximum Gasteiger partial charge on any atom is 0.282 e. The van der Waals surface area contributed by atoms with Gasteiger partial charge in [-0.05, 0) is 72.5 Å². The molecule has 8 nitrogen and oxygen atoms in total. The van der Waals surface area contributed by atoms with Crippen molar-refractivity contribution < 1.29 is 18.9 Å². The molecule has 0 atom stereocenters. The summed E-state index contributed by atoms with van der Waals surface area (Å²) >= 11 is 7.06. The average molecular weight is 735 g/mol. The van der Waals surface area contributed by atoms with Crippen molar-refractivity contribution in [1.82, 2.24) is 9.66 Å². The van der Waals surface area contributed by atoms with Gasteiger partial charge in [0.15, 0.2) is 17.3 Å². The number of benzene rings is 4. The van der Waals surface area contributed by atoms with Gasteiger partial charge in [-0.2, -0.15) is 9.78 Å². The van der Waals surface area contributed by atoms with Gasteiger partial charge in [0, 0.05) is 25.6 Å². The van der Waals surface area contributed by atoms with Crippen LogP contribution >= 0.6 is 31.9 Å². The molecule has 232 valence electrons. The van der Waals surface area contributed by atoms with Crippen molar-refractivity contribution in [3.05, 3.63) is 108 Å². The zero-order valence-corrected chi connectivity index (χ0v) is 29.0. The van der Waals surface area contributed by atoms with Crippen molar-refractivity contribution in [1.29, 1.82) is 0 Å². The number of methoxy groups -OCH3 is 3. The molecule has 5 aromatic rings. The minimum Gasteiger partial charge on any atom is -0.496 e. The summed E-state index contributed by atoms with van der Waals surface area (Å²) in [6.07, 6.45) is 1.59. The summed E-state index contributed by atoms with van der Waals surface area (Å²) in [6.45, 7) is 6.46. The Morgan fingerprint density at radius 2 is 1.60 bits per heavy atom. The molecule has 0 fully saturated rings. The highest BCUT2D eigenvalue weighted by Crippen LogP contribution is 2.39. The van der Waals surface area contributed by atoms with E-state index in [1.807, 2.05) is 55.5 Å². The first-order valence-electron chi connectivity index (χ1n) is 14.2. The van der Waals surface area contributed by atoms with Crippen molar-refractivity contribution in [2.45, 2.75) is 33.3 Å². The molecule has 10 heteroatoms. The SMILES string of the molecule is COc1cc(C)c(-c2nc3ccccc3c(=O)n2N=Cc2cc(OC)c(OCc3ccc(Br)cc3Br)c(OC)c2)cc1C(C)C. The number of para-hydroxylation sites is 1. The molecule has 0 spiro atoms. The molecular formula is C35H33Br2N3O5. The minimum atomic E-state index is -0.285. The Labute approximate surface area is 278 Å². The number of aryl methyl sites for hydroxylation is 1. The van der Waals surface area contributed by atoms with Crippen LogP contribution in [0, 0.1) is 6.92 Å². The first-order valence-corrected chi connectivity index (χ1v) is 15.8. The molecule has 0 amide bonds. The first-order chi connectivity index (χ1) is 21.6. The molecule has 0 saturated carbocycles. The lowest BCUT2D eigenvalue weighted by molar-refractivity contribution is 0.265. The summed E-state index contributed by atoms with van der Waals surface area (Å²) in [7, 11) is 4.78. The Balaban J connectivity index is 1.60. The van der Waals surface area contributed by atoms with Gasteiger partial charge in [-0.15, -0.1) is 0 Å². The minimum absolute atomic E-state index is 0.189. The monoisotopic (exact) mass is 733 g/mol. The van der Waals surface area contributed by atoms with Gasteiger partial charge in [-0.25, -0.2) is 4.98 Å². The van der Waals surface area contributed by atoms with E-state index in [0.29, 0.717) is 39.5 Å². The Hall–Kier alpha value is -4.15. The first kappa shape index (κ1) is 32.2. The molecule has 0 radical (unpaired) electrons. The molecule has 0 unspecified atom stereocenters. The van der Waals surface area contributed by atoms with Gasteiger partial charge >= 0.3 is 0 Å². The standard InChI is InChI=1S/C35H33Br2N3O5/c1-20(2)26-17-27(21(3)13-30(26)42-4)34-39-29-10-8-7-9-25(29)35(41)40(34)38-18-22-14-31(43-5)33(32(15-22)44-6)45-19-23-11-12-24(36)16-28(23)37/h7-18,20H,19H2,1-6H3. The summed E-state index contributed by atoms with van der Waals surface area (Å²) in [5.41, 5.74) is 4.61. The number of halogens is 2. The van der Waals surface area contributed by atoms with Gasteiger partial charge in [0.1, 0.15) is 12.4 Å². The van der Waals surface area contributed by atoms with Crippen LogP contribution in [0.25, 0.3) is 22.3 Å². The number of nitrogens with zero attached hydrogens (tertiary/aromatic N) is 3. The van der Waals surface area contributed by atoms with Gasteiger partial charge < -0.3 is 18.9 Å². The van der Waals surface area contributed by atoms with E-state index in [-0.39, 0.29) is 18.1 Å². The predicted octanol–water partition coefficient (Wildman–Crippen LogP) is 8.51. The number of aromatic nitrogens is 2. The van der Waals surface area contributed by atoms with E-state index < -0.39 is 0 Å². The van der Waals surface area contributed by atoms with Crippen molar-refractivity contribution in [3.63, 3.8) is 0 Å². The summed E-state index contributed by atoms with van der Waals surface area (Å²) in [5.74, 6) is 2.78. The van der Waals surface area contributed by atoms with E-state index in [9.17, 15) is 4.79 Å². The normalized spacial score (nSPS) is 11.4. The number of fused-ring (bicyclic) bond motifs is 1. The lowest BCUT2D eigenvalue weighted by Gasteiger charge is -2.17. The third-order valence-corrected chi connectivity index (χ3v) is 8.62. The molecule has 0 bridgehead atoms. The van der Waals surface area contributed by atoms with Gasteiger partial charge in [-0.1, -0.05) is 63.9 Å². The van der Waals surface area contributed by atoms with Crippen LogP contribution in [-0.4, -0.2) is 37.2 Å². The third-order valence-electron chi connectivity index (χ3n) is 7.39. The molecule has 1 heterocycles. The van der Waals surface area contributed by atoms with Crippen LogP contribution in [-0.2, 0) is 6.61 Å². The third kappa shape index (κ3) is 6.77. The molecule has 0 N–H and O–H groups in total. The van der Waals surface area contributed by atoms with E-state index in [1.165, 1.54) is 4.68 Å². The van der Waals surface area contributed by atoms with Crippen LogP contribution in [0.15, 0.2) is 85.6 Å². The number of ether oxygens (including phenoxy) is 4. The molecule has 5 rings (SSSR count). The fourth-order valence-electron chi connectivity index (χ4n) is 5.00. The summed E-state index contributed by atoms with van der Waals surface area (Å²) in [6, 6.07) is 20.7. The maximum atomic E-state index is 13.9. The number of hydrogen-bond acceptors (Lipinski definition) is 7. The molecule has 0 saturated heterocycles. The zero-order chi connectivity index (χ0) is 32.2. The van der Waals surface area contributed by atoms with Gasteiger partial charge in [0.25, 0.3) is 5.56 Å². The number of rotatable bonds is 10. The van der Waals surface area contributed by atoms with Gasteiger partial charge in [-0.3, -0.25) is 4.79 Å². The summed E-state index contributed by atoms with van der Waals surface area (Å²) in [5, 5.41) is 5.14. The molecule has 0 aliphatic heterocycles. The fraction of sp³-hybridized carbons (Fsp3) is 0.229. The van der Waals surface area contributed by atoms with Gasteiger partial charge in [0.05, 0.1) is 38.4 Å². The topological polar surface area (TPSA) is 84.2 Å². The van der Waals surface area contributed by atoms with Crippen LogP contribution in [0.5, 0.6) is 23.0 Å². The second kappa shape index (κ2) is 13.9. The Morgan fingerprint density at radius 1 is 0.911 bits per heavy atom. The Morgan fingerprint density at radius 3 is 2.24 bits per heavy atom. The van der Waals surface area contributed by atoms with E-state index >= 15 is 0 Å². The van der Waals surface area contributed by atoms with Crippen LogP contribution in [0.1, 0.15) is 42.0 Å². The predicted molar refractivity (Wildman–Crippen MR) is 186 cm³/mol. The molecule has 45 heavy (non-hydrogen) atoms. The zero-order valence-electron chi connectivity index (χ0n) is 25.9. The van der Waals surface area contributed by atoms with Crippen molar-refractivity contribution >= 4 is 49.0 Å². The highest BCUT2D eigenvalue weighted by Gasteiger charge is 2.19. The number of hydrogen-bond donors (Lipinski definition) is 0. The summed E-state index contributed by atoms with van der Waals surface area (Å²) in [4.78, 5) is 18.8. The van der Waals surface area contributed by atoms with Crippen LogP contribution in [0.4, 0.5) is 0 Å². The molecule has 0 aliphatic carbocycles. The lowest BCUT2D eigenvalue weighted by Crippen LogP contribution is -2.20. The van der Waals surface area contributed by atoms with Crippen LogP contribution < -0.4 is 24.5 Å². The van der Waals surface area contributed by atoms with E-state index in [2.05, 4.69) is 50.8 Å². The fourth-order valence-corrected chi connectivity index (χ4v) is 6.16. The van der Waals surface area contributed by atoms with E-state index in [0.717, 1.165) is 36.9 Å². The van der Waals surface area contributed by atoms with Gasteiger partial charge in [0.2, 0.25) is 5.75 Å². The second-order valence-corrected chi connectivity index (χ2v) is 12.4. The van der Waals surface area contributed by atoms with Crippen molar-refractivity contribution in [2.24, 2.45) is 5.10 Å². The highest BCUT2D eigenvalue weighted by atomic mass is 79.9. The molecule has 4 aromatic carbocycles. The average Bonchev–Trinajstić information content (AvgIpc) is 3.03. The van der Waals surface area contributed by atoms with Crippen LogP contribution in [0.3, 0.4) is 0 Å². The summed E-state index contributed by atoms with van der Waals surface area (Å²) < 4.78 is 26.4.